The number of nitrogens with zero attached hydrogens (tertiary/aromatic N) is 2. The van der Waals surface area contributed by atoms with Crippen LogP contribution in [0, 0.1) is 0 Å². The molecule has 2 heteroatoms. The van der Waals surface area contributed by atoms with Crippen LogP contribution in [0.5, 0.6) is 0 Å². The van der Waals surface area contributed by atoms with Crippen LogP contribution in [0.2, 0.25) is 0 Å². The lowest BCUT2D eigenvalue weighted by Gasteiger charge is -2.45. The van der Waals surface area contributed by atoms with Crippen molar-refractivity contribution in [2.75, 3.05) is 9.80 Å². The summed E-state index contributed by atoms with van der Waals surface area (Å²) in [5, 5.41) is 12.4. The van der Waals surface area contributed by atoms with Crippen molar-refractivity contribution >= 4 is 88.0 Å². The Bertz CT molecular complexity index is 4830. The minimum absolute atomic E-state index is 0.529. The van der Waals surface area contributed by atoms with Gasteiger partial charge in [-0.2, -0.15) is 0 Å². The highest BCUT2D eigenvalue weighted by Crippen LogP contribution is 2.66. The largest absolute Gasteiger partial charge is 0.309 e. The van der Waals surface area contributed by atoms with E-state index in [1.807, 2.05) is 0 Å². The molecule has 0 aromatic heterocycles. The first-order valence-corrected chi connectivity index (χ1v) is 28.8. The summed E-state index contributed by atoms with van der Waals surface area (Å²) in [5.74, 6) is 0. The van der Waals surface area contributed by atoms with Crippen molar-refractivity contribution in [3.63, 3.8) is 0 Å². The zero-order valence-electron chi connectivity index (χ0n) is 44.6. The summed E-state index contributed by atoms with van der Waals surface area (Å²) in [6.45, 7) is 0. The molecular weight excluding hydrogens is 989 g/mol. The Labute approximate surface area is 475 Å². The minimum atomic E-state index is -0.529. The number of anilines is 6. The van der Waals surface area contributed by atoms with Gasteiger partial charge in [-0.05, 0) is 170 Å². The topological polar surface area (TPSA) is 6.48 Å². The van der Waals surface area contributed by atoms with E-state index >= 15 is 0 Å². The number of rotatable bonds is 3. The van der Waals surface area contributed by atoms with Crippen LogP contribution in [0.4, 0.5) is 34.1 Å². The minimum Gasteiger partial charge on any atom is -0.309 e. The van der Waals surface area contributed by atoms with Gasteiger partial charge in [-0.1, -0.05) is 243 Å². The van der Waals surface area contributed by atoms with E-state index < -0.39 is 10.8 Å². The molecule has 15 aromatic rings. The quantitative estimate of drug-likeness (QED) is 0.129. The maximum absolute atomic E-state index is 2.59. The van der Waals surface area contributed by atoms with Crippen molar-refractivity contribution in [2.45, 2.75) is 10.8 Å². The van der Waals surface area contributed by atoms with Gasteiger partial charge in [0.1, 0.15) is 0 Å². The van der Waals surface area contributed by atoms with Crippen LogP contribution in [-0.2, 0) is 10.8 Å². The predicted molar refractivity (Wildman–Crippen MR) is 342 cm³/mol. The van der Waals surface area contributed by atoms with Gasteiger partial charge in [-0.3, -0.25) is 0 Å². The van der Waals surface area contributed by atoms with E-state index in [0.717, 1.165) is 11.4 Å². The van der Waals surface area contributed by atoms with Crippen molar-refractivity contribution in [3.8, 4) is 33.4 Å². The predicted octanol–water partition coefficient (Wildman–Crippen LogP) is 20.9. The molecule has 4 aliphatic rings. The first-order valence-electron chi connectivity index (χ1n) is 28.8. The molecule has 2 aliphatic carbocycles. The van der Waals surface area contributed by atoms with Gasteiger partial charge in [0.25, 0.3) is 0 Å². The number of benzene rings is 15. The Hall–Kier alpha value is -10.5. The summed E-state index contributed by atoms with van der Waals surface area (Å²) in [7, 11) is 0. The lowest BCUT2D eigenvalue weighted by atomic mass is 9.64. The highest BCUT2D eigenvalue weighted by Gasteiger charge is 2.53. The van der Waals surface area contributed by atoms with Crippen molar-refractivity contribution in [3.05, 3.63) is 336 Å². The smallest absolute Gasteiger partial charge is 0.0754 e. The van der Waals surface area contributed by atoms with Gasteiger partial charge in [-0.15, -0.1) is 0 Å². The first-order chi connectivity index (χ1) is 40.7. The molecule has 2 aliphatic heterocycles. The molecule has 0 radical (unpaired) electrons. The molecule has 2 spiro atoms. The van der Waals surface area contributed by atoms with Crippen molar-refractivity contribution in [2.24, 2.45) is 0 Å². The van der Waals surface area contributed by atoms with Gasteiger partial charge in [-0.25, -0.2) is 0 Å². The van der Waals surface area contributed by atoms with Crippen LogP contribution in [0.3, 0.4) is 0 Å². The molecule has 0 N–H and O–H groups in total. The van der Waals surface area contributed by atoms with Crippen LogP contribution in [-0.4, -0.2) is 0 Å². The highest BCUT2D eigenvalue weighted by atomic mass is 15.2. The van der Waals surface area contributed by atoms with Gasteiger partial charge in [0.2, 0.25) is 0 Å². The Morgan fingerprint density at radius 2 is 0.512 bits per heavy atom. The van der Waals surface area contributed by atoms with Crippen LogP contribution in [0.15, 0.2) is 291 Å². The second-order valence-electron chi connectivity index (χ2n) is 22.9. The molecule has 0 fully saturated rings. The molecule has 0 saturated heterocycles. The first kappa shape index (κ1) is 44.3. The number of hydrogen-bond donors (Lipinski definition) is 0. The van der Waals surface area contributed by atoms with Crippen LogP contribution in [0.1, 0.15) is 44.5 Å². The fourth-order valence-corrected chi connectivity index (χ4v) is 16.4. The Morgan fingerprint density at radius 3 is 0.939 bits per heavy atom. The molecule has 82 heavy (non-hydrogen) atoms. The highest BCUT2D eigenvalue weighted by molar-refractivity contribution is 6.30. The summed E-state index contributed by atoms with van der Waals surface area (Å²) in [6.07, 6.45) is 0. The molecule has 2 heterocycles. The van der Waals surface area contributed by atoms with E-state index in [1.54, 1.807) is 0 Å². The van der Waals surface area contributed by atoms with Gasteiger partial charge in [0, 0.05) is 10.8 Å². The maximum Gasteiger partial charge on any atom is 0.0754 e. The molecule has 378 valence electrons. The van der Waals surface area contributed by atoms with Gasteiger partial charge in [0.05, 0.1) is 45.0 Å². The molecule has 2 nitrogen and oxygen atoms in total. The number of hydrogen-bond acceptors (Lipinski definition) is 2. The lowest BCUT2D eigenvalue weighted by molar-refractivity contribution is 0.753. The van der Waals surface area contributed by atoms with Crippen molar-refractivity contribution < 1.29 is 0 Å². The van der Waals surface area contributed by atoms with Gasteiger partial charge in [0.15, 0.2) is 0 Å². The van der Waals surface area contributed by atoms with Crippen molar-refractivity contribution in [1.29, 1.82) is 0 Å². The molecule has 15 aromatic carbocycles. The summed E-state index contributed by atoms with van der Waals surface area (Å²) in [4.78, 5) is 5.19. The fourth-order valence-electron chi connectivity index (χ4n) is 16.4. The number of fused-ring (bicyclic) bond motifs is 20. The summed E-state index contributed by atoms with van der Waals surface area (Å²) in [5.41, 5.74) is 24.0. The maximum atomic E-state index is 2.59. The van der Waals surface area contributed by atoms with Crippen LogP contribution in [0.25, 0.3) is 87.2 Å². The van der Waals surface area contributed by atoms with E-state index in [2.05, 4.69) is 301 Å². The zero-order valence-corrected chi connectivity index (χ0v) is 44.6. The van der Waals surface area contributed by atoms with Crippen molar-refractivity contribution in [1.82, 2.24) is 0 Å². The van der Waals surface area contributed by atoms with E-state index in [1.165, 1.54) is 155 Å². The molecule has 0 bridgehead atoms. The Balaban J connectivity index is 0.940. The normalized spacial score (nSPS) is 14.5. The molecular formula is C80H48N2. The third-order valence-corrected chi connectivity index (χ3v) is 19.4. The standard InChI is InChI=1S/C80H48N2/c1-5-31-62-52(24-1)53-25-2-6-32-63(53)79(62)66-35-9-13-39-72(66)81(73-40-14-10-36-67(73)79)70-43-19-29-56-59(70)48-60-57(78(56)61-47-51-23-17-21-49-45-46-50-22-18-28-58(61)77(50)76(49)51)30-20-44-71(60)82-74-41-15-11-37-68(74)80(69-38-12-16-42-75(69)82)64-33-7-3-26-54(64)55-27-4-8-34-65(55)80/h1-48H. The third-order valence-electron chi connectivity index (χ3n) is 19.4. The summed E-state index contributed by atoms with van der Waals surface area (Å²) in [6, 6.07) is 111. The van der Waals surface area contributed by atoms with Crippen LogP contribution >= 0.6 is 0 Å². The second kappa shape index (κ2) is 16.1. The summed E-state index contributed by atoms with van der Waals surface area (Å²) < 4.78 is 0. The molecule has 0 amide bonds. The SMILES string of the molecule is c1ccc2c(c1)-c1ccccc1C21c2ccccc2N(c2cccc3c(-c4cc5cccc6ccc7cccc4c7c65)c4cccc(N5c6ccccc6C6(c7ccccc7-c7ccccc76)c6ccccc65)c4cc23)c2ccccc21. The van der Waals surface area contributed by atoms with E-state index in [9.17, 15) is 0 Å². The monoisotopic (exact) mass is 1040 g/mol. The molecule has 0 unspecified atom stereocenters. The van der Waals surface area contributed by atoms with E-state index in [-0.39, 0.29) is 0 Å². The third kappa shape index (κ3) is 5.36. The fraction of sp³-hybridized carbons (Fsp3) is 0.0250. The average molecular weight is 1040 g/mol. The van der Waals surface area contributed by atoms with E-state index in [0.29, 0.717) is 0 Å². The molecule has 0 atom stereocenters. The lowest BCUT2D eigenvalue weighted by Crippen LogP contribution is -2.36. The van der Waals surface area contributed by atoms with Crippen LogP contribution < -0.4 is 9.80 Å². The Morgan fingerprint density at radius 1 is 0.195 bits per heavy atom. The Kier molecular flexibility index (Phi) is 8.69. The zero-order chi connectivity index (χ0) is 53.4. The average Bonchev–Trinajstić information content (AvgIpc) is 1.53. The second-order valence-corrected chi connectivity index (χ2v) is 22.9. The molecule has 19 rings (SSSR count). The molecule has 0 saturated carbocycles. The van der Waals surface area contributed by atoms with Gasteiger partial charge < -0.3 is 9.80 Å². The van der Waals surface area contributed by atoms with Gasteiger partial charge >= 0.3 is 0 Å². The number of para-hydroxylation sites is 4. The summed E-state index contributed by atoms with van der Waals surface area (Å²) >= 11 is 0. The van der Waals surface area contributed by atoms with E-state index in [4.69, 9.17) is 0 Å².